The first kappa shape index (κ1) is 22.5. The molecule has 7 nitrogen and oxygen atoms in total. The molecule has 0 unspecified atom stereocenters. The van der Waals surface area contributed by atoms with Gasteiger partial charge in [0.25, 0.3) is 0 Å². The van der Waals surface area contributed by atoms with Gasteiger partial charge in [0.1, 0.15) is 5.75 Å². The molecule has 0 fully saturated rings. The molecule has 2 N–H and O–H groups in total. The highest BCUT2D eigenvalue weighted by molar-refractivity contribution is 8.01. The molecule has 3 rings (SSSR count). The maximum Gasteiger partial charge on any atom is 0.234 e. The van der Waals surface area contributed by atoms with Crippen LogP contribution in [0.1, 0.15) is 23.0 Å². The number of benzene rings is 2. The quantitative estimate of drug-likeness (QED) is 0.369. The van der Waals surface area contributed by atoms with Gasteiger partial charge < -0.3 is 15.4 Å². The molecule has 0 atom stereocenters. The summed E-state index contributed by atoms with van der Waals surface area (Å²) in [5, 5.41) is 7.41. The van der Waals surface area contributed by atoms with Crippen molar-refractivity contribution in [3.05, 3.63) is 65.2 Å². The van der Waals surface area contributed by atoms with Crippen LogP contribution in [0.4, 0.5) is 11.4 Å². The number of ketones is 1. The van der Waals surface area contributed by atoms with Crippen molar-refractivity contribution in [2.45, 2.75) is 17.7 Å². The largest absolute Gasteiger partial charge is 0.497 e. The fourth-order valence-corrected chi connectivity index (χ4v) is 4.24. The average molecular weight is 456 g/mol. The summed E-state index contributed by atoms with van der Waals surface area (Å²) in [6.07, 6.45) is 0.129. The molecule has 2 amide bonds. The number of carbonyl (C=O) groups is 3. The van der Waals surface area contributed by atoms with E-state index in [1.165, 1.54) is 30.0 Å². The zero-order valence-corrected chi connectivity index (χ0v) is 18.6. The molecule has 0 aliphatic heterocycles. The topological polar surface area (TPSA) is 97.4 Å². The number of methoxy groups -OCH3 is 1. The standard InChI is InChI=1S/C22H21N3O4S2/c1-14(26)15-3-5-16(6-4-15)23-20(27)11-18-12-30-22(25-18)31-13-21(28)24-17-7-9-19(29-2)10-8-17/h3-10,12H,11,13H2,1-2H3,(H,23,27)(H,24,28). The molecule has 2 aromatic carbocycles. The van der Waals surface area contributed by atoms with Crippen LogP contribution >= 0.6 is 23.1 Å². The lowest BCUT2D eigenvalue weighted by molar-refractivity contribution is -0.116. The van der Waals surface area contributed by atoms with Gasteiger partial charge >= 0.3 is 0 Å². The van der Waals surface area contributed by atoms with Gasteiger partial charge in [0.15, 0.2) is 10.1 Å². The van der Waals surface area contributed by atoms with Crippen molar-refractivity contribution in [3.8, 4) is 5.75 Å². The molecule has 9 heteroatoms. The average Bonchev–Trinajstić information content (AvgIpc) is 3.20. The number of nitrogens with one attached hydrogen (secondary N) is 2. The van der Waals surface area contributed by atoms with Gasteiger partial charge in [-0.05, 0) is 55.5 Å². The van der Waals surface area contributed by atoms with Crippen LogP contribution in [0.15, 0.2) is 58.3 Å². The van der Waals surface area contributed by atoms with Crippen molar-refractivity contribution in [2.24, 2.45) is 0 Å². The Morgan fingerprint density at radius 1 is 0.968 bits per heavy atom. The Morgan fingerprint density at radius 3 is 2.19 bits per heavy atom. The lowest BCUT2D eigenvalue weighted by Crippen LogP contribution is -2.15. The predicted octanol–water partition coefficient (Wildman–Crippen LogP) is 4.27. The van der Waals surface area contributed by atoms with Crippen LogP contribution in [0, 0.1) is 0 Å². The molecule has 0 spiro atoms. The molecule has 0 radical (unpaired) electrons. The number of carbonyl (C=O) groups excluding carboxylic acids is 3. The lowest BCUT2D eigenvalue weighted by atomic mass is 10.1. The number of rotatable bonds is 9. The number of hydrogen-bond donors (Lipinski definition) is 2. The van der Waals surface area contributed by atoms with Crippen molar-refractivity contribution < 1.29 is 19.1 Å². The second-order valence-electron chi connectivity index (χ2n) is 6.53. The number of hydrogen-bond acceptors (Lipinski definition) is 7. The highest BCUT2D eigenvalue weighted by Gasteiger charge is 2.11. The number of aromatic nitrogens is 1. The van der Waals surface area contributed by atoms with Crippen molar-refractivity contribution in [2.75, 3.05) is 23.5 Å². The van der Waals surface area contributed by atoms with Gasteiger partial charge in [-0.1, -0.05) is 11.8 Å². The summed E-state index contributed by atoms with van der Waals surface area (Å²) < 4.78 is 5.81. The predicted molar refractivity (Wildman–Crippen MR) is 123 cm³/mol. The van der Waals surface area contributed by atoms with Crippen LogP contribution < -0.4 is 15.4 Å². The van der Waals surface area contributed by atoms with E-state index in [0.29, 0.717) is 22.6 Å². The Morgan fingerprint density at radius 2 is 1.58 bits per heavy atom. The normalized spacial score (nSPS) is 10.4. The van der Waals surface area contributed by atoms with E-state index in [4.69, 9.17) is 4.74 Å². The zero-order chi connectivity index (χ0) is 22.2. The van der Waals surface area contributed by atoms with E-state index in [0.717, 1.165) is 10.1 Å². The monoisotopic (exact) mass is 455 g/mol. The fourth-order valence-electron chi connectivity index (χ4n) is 2.59. The molecule has 0 aliphatic carbocycles. The van der Waals surface area contributed by atoms with Crippen molar-refractivity contribution in [1.29, 1.82) is 0 Å². The smallest absolute Gasteiger partial charge is 0.234 e. The minimum atomic E-state index is -0.199. The molecule has 0 saturated carbocycles. The summed E-state index contributed by atoms with van der Waals surface area (Å²) in [7, 11) is 1.59. The van der Waals surface area contributed by atoms with Crippen LogP contribution in [-0.2, 0) is 16.0 Å². The van der Waals surface area contributed by atoms with Gasteiger partial charge in [0.05, 0.1) is 25.0 Å². The fraction of sp³-hybridized carbons (Fsp3) is 0.182. The first-order chi connectivity index (χ1) is 14.9. The molecular weight excluding hydrogens is 434 g/mol. The maximum absolute atomic E-state index is 12.2. The molecule has 0 aliphatic rings. The summed E-state index contributed by atoms with van der Waals surface area (Å²) in [5.41, 5.74) is 2.55. The third-order valence-electron chi connectivity index (χ3n) is 4.15. The first-order valence-electron chi connectivity index (χ1n) is 9.35. The Kier molecular flexibility index (Phi) is 7.80. The molecule has 160 valence electrons. The van der Waals surface area contributed by atoms with E-state index in [2.05, 4.69) is 15.6 Å². The molecule has 3 aromatic rings. The van der Waals surface area contributed by atoms with Crippen molar-refractivity contribution >= 4 is 52.1 Å². The van der Waals surface area contributed by atoms with Gasteiger partial charge in [-0.25, -0.2) is 4.98 Å². The maximum atomic E-state index is 12.2. The van der Waals surface area contributed by atoms with Crippen LogP contribution in [0.3, 0.4) is 0 Å². The van der Waals surface area contributed by atoms with Crippen LogP contribution in [0.5, 0.6) is 5.75 Å². The summed E-state index contributed by atoms with van der Waals surface area (Å²) in [5.74, 6) is 0.574. The van der Waals surface area contributed by atoms with Crippen LogP contribution in [-0.4, -0.2) is 35.4 Å². The Hall–Kier alpha value is -3.17. The van der Waals surface area contributed by atoms with Crippen LogP contribution in [0.25, 0.3) is 0 Å². The van der Waals surface area contributed by atoms with Crippen molar-refractivity contribution in [1.82, 2.24) is 4.98 Å². The number of nitrogens with zero attached hydrogens (tertiary/aromatic N) is 1. The summed E-state index contributed by atoms with van der Waals surface area (Å²) in [4.78, 5) is 40.1. The van der Waals surface area contributed by atoms with Gasteiger partial charge in [-0.3, -0.25) is 14.4 Å². The van der Waals surface area contributed by atoms with Gasteiger partial charge in [0, 0.05) is 22.3 Å². The molecule has 1 aromatic heterocycles. The second-order valence-corrected chi connectivity index (χ2v) is 8.61. The third kappa shape index (κ3) is 6.94. The van der Waals surface area contributed by atoms with Gasteiger partial charge in [-0.15, -0.1) is 11.3 Å². The second kappa shape index (κ2) is 10.7. The van der Waals surface area contributed by atoms with E-state index in [1.54, 1.807) is 55.6 Å². The lowest BCUT2D eigenvalue weighted by Gasteiger charge is -2.05. The third-order valence-corrected chi connectivity index (χ3v) is 6.22. The number of Topliss-reactive ketones (excluding diaryl/α,β-unsaturated/α-hetero) is 1. The summed E-state index contributed by atoms with van der Waals surface area (Å²) in [6, 6.07) is 13.8. The molecule has 31 heavy (non-hydrogen) atoms. The summed E-state index contributed by atoms with van der Waals surface area (Å²) >= 11 is 2.71. The Labute approximate surface area is 188 Å². The number of ether oxygens (including phenoxy) is 1. The van der Waals surface area contributed by atoms with E-state index < -0.39 is 0 Å². The number of thiazole rings is 1. The molecule has 1 heterocycles. The molecule has 0 saturated heterocycles. The molecular formula is C22H21N3O4S2. The van der Waals surface area contributed by atoms with Crippen molar-refractivity contribution in [3.63, 3.8) is 0 Å². The van der Waals surface area contributed by atoms with E-state index in [9.17, 15) is 14.4 Å². The minimum absolute atomic E-state index is 0.0249. The number of thioether (sulfide) groups is 1. The van der Waals surface area contributed by atoms with Gasteiger partial charge in [0.2, 0.25) is 11.8 Å². The highest BCUT2D eigenvalue weighted by Crippen LogP contribution is 2.23. The number of amides is 2. The number of anilines is 2. The van der Waals surface area contributed by atoms with E-state index in [1.807, 2.05) is 5.38 Å². The summed E-state index contributed by atoms with van der Waals surface area (Å²) in [6.45, 7) is 1.49. The highest BCUT2D eigenvalue weighted by atomic mass is 32.2. The van der Waals surface area contributed by atoms with Crippen LogP contribution in [0.2, 0.25) is 0 Å². The molecule has 0 bridgehead atoms. The Bertz CT molecular complexity index is 1060. The van der Waals surface area contributed by atoms with Gasteiger partial charge in [-0.2, -0.15) is 0 Å². The SMILES string of the molecule is COc1ccc(NC(=O)CSc2nc(CC(=O)Nc3ccc(C(C)=O)cc3)cs2)cc1. The first-order valence-corrected chi connectivity index (χ1v) is 11.2. The Balaban J connectivity index is 1.45. The van der Waals surface area contributed by atoms with E-state index in [-0.39, 0.29) is 29.8 Å². The van der Waals surface area contributed by atoms with E-state index >= 15 is 0 Å². The zero-order valence-electron chi connectivity index (χ0n) is 17.0. The minimum Gasteiger partial charge on any atom is -0.497 e.